The van der Waals surface area contributed by atoms with Crippen molar-refractivity contribution < 1.29 is 27.5 Å². The second-order valence-electron chi connectivity index (χ2n) is 9.76. The number of aromatic nitrogens is 2. The van der Waals surface area contributed by atoms with Gasteiger partial charge in [0.15, 0.2) is 0 Å². The van der Waals surface area contributed by atoms with Gasteiger partial charge in [-0.25, -0.2) is 4.68 Å². The molecule has 2 amide bonds. The predicted molar refractivity (Wildman–Crippen MR) is 135 cm³/mol. The molecule has 0 radical (unpaired) electrons. The van der Waals surface area contributed by atoms with Gasteiger partial charge >= 0.3 is 6.18 Å². The van der Waals surface area contributed by atoms with Gasteiger partial charge in [-0.05, 0) is 37.3 Å². The first-order valence-corrected chi connectivity index (χ1v) is 11.7. The minimum atomic E-state index is -4.59. The maximum absolute atomic E-state index is 13.2. The van der Waals surface area contributed by atoms with E-state index in [9.17, 15) is 22.8 Å². The number of hydrogen-bond donors (Lipinski definition) is 1. The Morgan fingerprint density at radius 1 is 1.05 bits per heavy atom. The highest BCUT2D eigenvalue weighted by atomic mass is 19.4. The molecule has 0 saturated heterocycles. The molecule has 0 saturated carbocycles. The van der Waals surface area contributed by atoms with Gasteiger partial charge in [-0.2, -0.15) is 18.3 Å². The maximum Gasteiger partial charge on any atom is 0.416 e. The minimum absolute atomic E-state index is 0.0173. The Bertz CT molecular complexity index is 1250. The van der Waals surface area contributed by atoms with Gasteiger partial charge < -0.3 is 15.0 Å². The largest absolute Gasteiger partial charge is 0.416 e. The molecule has 0 spiro atoms. The number of nitrogens with one attached hydrogen (secondary N) is 1. The molecule has 0 aliphatic heterocycles. The third-order valence-electron chi connectivity index (χ3n) is 5.65. The Hall–Kier alpha value is -3.66. The third kappa shape index (κ3) is 7.19. The van der Waals surface area contributed by atoms with E-state index >= 15 is 0 Å². The molecule has 0 aliphatic carbocycles. The molecular formula is C27H31F3N4O3. The first-order valence-electron chi connectivity index (χ1n) is 11.7. The fraction of sp³-hybridized carbons (Fsp3) is 0.370. The average molecular weight is 517 g/mol. The fourth-order valence-electron chi connectivity index (χ4n) is 3.54. The summed E-state index contributed by atoms with van der Waals surface area (Å²) in [5.41, 5.74) is 1.16. The van der Waals surface area contributed by atoms with Crippen LogP contribution in [0.4, 0.5) is 19.0 Å². The molecule has 0 aliphatic rings. The van der Waals surface area contributed by atoms with Crippen LogP contribution >= 0.6 is 0 Å². The molecule has 2 aromatic carbocycles. The number of alkyl halides is 3. The smallest absolute Gasteiger partial charge is 0.383 e. The highest BCUT2D eigenvalue weighted by molar-refractivity contribution is 5.99. The lowest BCUT2D eigenvalue weighted by molar-refractivity contribution is -0.137. The van der Waals surface area contributed by atoms with E-state index in [0.717, 1.165) is 34.0 Å². The van der Waals surface area contributed by atoms with E-state index in [2.05, 4.69) is 10.4 Å². The summed E-state index contributed by atoms with van der Waals surface area (Å²) in [6.45, 7) is 7.70. The summed E-state index contributed by atoms with van der Waals surface area (Å²) in [5, 5.41) is 7.49. The van der Waals surface area contributed by atoms with E-state index in [-0.39, 0.29) is 30.7 Å². The molecule has 0 bridgehead atoms. The molecule has 198 valence electrons. The van der Waals surface area contributed by atoms with Gasteiger partial charge in [0.2, 0.25) is 5.91 Å². The Labute approximate surface area is 214 Å². The van der Waals surface area contributed by atoms with Crippen LogP contribution in [0.2, 0.25) is 0 Å². The van der Waals surface area contributed by atoms with Crippen LogP contribution in [0, 0.1) is 6.92 Å². The van der Waals surface area contributed by atoms with Crippen LogP contribution in [-0.2, 0) is 21.1 Å². The van der Waals surface area contributed by atoms with E-state index in [1.807, 2.05) is 52.0 Å². The van der Waals surface area contributed by atoms with Crippen molar-refractivity contribution in [3.63, 3.8) is 0 Å². The quantitative estimate of drug-likeness (QED) is 0.445. The number of rotatable bonds is 8. The molecule has 3 aromatic rings. The highest BCUT2D eigenvalue weighted by Gasteiger charge is 2.31. The summed E-state index contributed by atoms with van der Waals surface area (Å²) in [6, 6.07) is 13.5. The van der Waals surface area contributed by atoms with Crippen molar-refractivity contribution >= 4 is 17.6 Å². The third-order valence-corrected chi connectivity index (χ3v) is 5.65. The first kappa shape index (κ1) is 27.9. The number of carbonyl (C=O) groups excluding carboxylic acids is 2. The SMILES string of the molecule is COCCN(CC(=O)Nc1cc(C(C)(C)C)nn1-c1ccc(C)cc1)C(=O)c1cccc(C(F)(F)F)c1. The van der Waals surface area contributed by atoms with Crippen molar-refractivity contribution in [2.75, 3.05) is 32.1 Å². The summed E-state index contributed by atoms with van der Waals surface area (Å²) in [7, 11) is 1.43. The zero-order valence-electron chi connectivity index (χ0n) is 21.5. The molecule has 3 rings (SSSR count). The maximum atomic E-state index is 13.2. The summed E-state index contributed by atoms with van der Waals surface area (Å²) < 4.78 is 46.1. The van der Waals surface area contributed by atoms with Crippen LogP contribution in [0.5, 0.6) is 0 Å². The monoisotopic (exact) mass is 516 g/mol. The molecule has 10 heteroatoms. The second kappa shape index (κ2) is 11.2. The summed E-state index contributed by atoms with van der Waals surface area (Å²) in [6.07, 6.45) is -4.59. The number of amides is 2. The fourth-order valence-corrected chi connectivity index (χ4v) is 3.54. The number of carbonyl (C=O) groups is 2. The number of benzene rings is 2. The van der Waals surface area contributed by atoms with E-state index in [4.69, 9.17) is 4.74 Å². The van der Waals surface area contributed by atoms with Crippen molar-refractivity contribution in [3.8, 4) is 5.69 Å². The number of anilines is 1. The van der Waals surface area contributed by atoms with Crippen molar-refractivity contribution in [1.29, 1.82) is 0 Å². The lowest BCUT2D eigenvalue weighted by Crippen LogP contribution is -2.40. The number of halogens is 3. The zero-order valence-corrected chi connectivity index (χ0v) is 21.5. The van der Waals surface area contributed by atoms with Crippen LogP contribution in [0.1, 0.15) is 48.0 Å². The Morgan fingerprint density at radius 3 is 2.32 bits per heavy atom. The lowest BCUT2D eigenvalue weighted by atomic mass is 9.92. The van der Waals surface area contributed by atoms with Gasteiger partial charge in [0.05, 0.1) is 23.6 Å². The van der Waals surface area contributed by atoms with E-state index < -0.39 is 23.6 Å². The molecular weight excluding hydrogens is 485 g/mol. The van der Waals surface area contributed by atoms with Crippen LogP contribution in [0.25, 0.3) is 5.69 Å². The number of aryl methyl sites for hydroxylation is 1. The van der Waals surface area contributed by atoms with Gasteiger partial charge in [-0.1, -0.05) is 44.5 Å². The number of hydrogen-bond acceptors (Lipinski definition) is 4. The first-order chi connectivity index (χ1) is 17.3. The molecule has 37 heavy (non-hydrogen) atoms. The Morgan fingerprint density at radius 2 is 1.73 bits per heavy atom. The van der Waals surface area contributed by atoms with Gasteiger partial charge in [0, 0.05) is 30.7 Å². The van der Waals surface area contributed by atoms with Crippen LogP contribution < -0.4 is 5.32 Å². The van der Waals surface area contributed by atoms with E-state index in [1.165, 1.54) is 19.2 Å². The van der Waals surface area contributed by atoms with Crippen LogP contribution in [0.15, 0.2) is 54.6 Å². The summed E-state index contributed by atoms with van der Waals surface area (Å²) in [5.74, 6) is -0.817. The van der Waals surface area contributed by atoms with Crippen LogP contribution in [-0.4, -0.2) is 53.3 Å². The Kier molecular flexibility index (Phi) is 8.42. The molecule has 7 nitrogen and oxygen atoms in total. The number of methoxy groups -OCH3 is 1. The molecule has 0 atom stereocenters. The predicted octanol–water partition coefficient (Wildman–Crippen LogP) is 5.22. The van der Waals surface area contributed by atoms with Crippen molar-refractivity contribution in [1.82, 2.24) is 14.7 Å². The summed E-state index contributed by atoms with van der Waals surface area (Å²) >= 11 is 0. The van der Waals surface area contributed by atoms with Gasteiger partial charge in [-0.3, -0.25) is 9.59 Å². The summed E-state index contributed by atoms with van der Waals surface area (Å²) in [4.78, 5) is 27.3. The lowest BCUT2D eigenvalue weighted by Gasteiger charge is -2.22. The molecule has 0 fully saturated rings. The standard InChI is InChI=1S/C27H31F3N4O3/c1-18-9-11-21(12-10-18)34-23(16-22(32-34)26(2,3)4)31-24(35)17-33(13-14-37-5)25(36)19-7-6-8-20(15-19)27(28,29)30/h6-12,15-16H,13-14,17H2,1-5H3,(H,31,35). The van der Waals surface area contributed by atoms with Crippen molar-refractivity contribution in [3.05, 3.63) is 77.0 Å². The highest BCUT2D eigenvalue weighted by Crippen LogP contribution is 2.30. The molecule has 1 heterocycles. The van der Waals surface area contributed by atoms with E-state index in [1.54, 1.807) is 10.7 Å². The average Bonchev–Trinajstić information content (AvgIpc) is 3.25. The van der Waals surface area contributed by atoms with Gasteiger partial charge in [-0.15, -0.1) is 0 Å². The van der Waals surface area contributed by atoms with Gasteiger partial charge in [0.25, 0.3) is 5.91 Å². The second-order valence-corrected chi connectivity index (χ2v) is 9.76. The normalized spacial score (nSPS) is 11.9. The minimum Gasteiger partial charge on any atom is -0.383 e. The molecule has 0 unspecified atom stereocenters. The van der Waals surface area contributed by atoms with Crippen molar-refractivity contribution in [2.45, 2.75) is 39.3 Å². The molecule has 1 aromatic heterocycles. The van der Waals surface area contributed by atoms with Crippen molar-refractivity contribution in [2.24, 2.45) is 0 Å². The van der Waals surface area contributed by atoms with E-state index in [0.29, 0.717) is 5.82 Å². The molecule has 1 N–H and O–H groups in total. The number of ether oxygens (including phenoxy) is 1. The van der Waals surface area contributed by atoms with Crippen LogP contribution in [0.3, 0.4) is 0 Å². The topological polar surface area (TPSA) is 76.5 Å². The zero-order chi connectivity index (χ0) is 27.4. The van der Waals surface area contributed by atoms with Gasteiger partial charge in [0.1, 0.15) is 12.4 Å². The number of nitrogens with zero attached hydrogens (tertiary/aromatic N) is 3. The Balaban J connectivity index is 1.87.